The number of ether oxygens (including phenoxy) is 1. The Kier molecular flexibility index (Phi) is 5.34. The number of benzene rings is 2. The molecule has 2 nitrogen and oxygen atoms in total. The summed E-state index contributed by atoms with van der Waals surface area (Å²) in [6.07, 6.45) is 0. The maximum absolute atomic E-state index is 13.6. The minimum atomic E-state index is -0.153. The molecule has 21 heavy (non-hydrogen) atoms. The highest BCUT2D eigenvalue weighted by atomic mass is 19.1. The summed E-state index contributed by atoms with van der Waals surface area (Å²) < 4.78 is 19.1. The molecule has 112 valence electrons. The maximum Gasteiger partial charge on any atom is 0.126 e. The second-order valence-corrected chi connectivity index (χ2v) is 5.19. The van der Waals surface area contributed by atoms with Crippen LogP contribution in [0.3, 0.4) is 0 Å². The van der Waals surface area contributed by atoms with E-state index < -0.39 is 0 Å². The zero-order valence-corrected chi connectivity index (χ0v) is 12.8. The van der Waals surface area contributed by atoms with Crippen molar-refractivity contribution in [3.05, 3.63) is 65.0 Å². The van der Waals surface area contributed by atoms with E-state index in [1.54, 1.807) is 13.0 Å². The van der Waals surface area contributed by atoms with E-state index in [2.05, 4.69) is 11.4 Å². The second kappa shape index (κ2) is 7.23. The van der Waals surface area contributed by atoms with E-state index in [9.17, 15) is 4.39 Å². The first-order valence-electron chi connectivity index (χ1n) is 7.31. The fourth-order valence-corrected chi connectivity index (χ4v) is 2.18. The van der Waals surface area contributed by atoms with Gasteiger partial charge in [0.15, 0.2) is 0 Å². The van der Waals surface area contributed by atoms with Gasteiger partial charge >= 0.3 is 0 Å². The molecule has 1 unspecified atom stereocenters. The van der Waals surface area contributed by atoms with Gasteiger partial charge in [0, 0.05) is 12.6 Å². The molecule has 0 bridgehead atoms. The summed E-state index contributed by atoms with van der Waals surface area (Å²) in [4.78, 5) is 0. The van der Waals surface area contributed by atoms with Crippen LogP contribution in [-0.2, 0) is 6.54 Å². The van der Waals surface area contributed by atoms with Crippen LogP contribution in [0.2, 0.25) is 0 Å². The van der Waals surface area contributed by atoms with Gasteiger partial charge in [-0.25, -0.2) is 4.39 Å². The molecule has 0 aliphatic heterocycles. The molecule has 2 rings (SSSR count). The van der Waals surface area contributed by atoms with Crippen molar-refractivity contribution in [1.82, 2.24) is 5.32 Å². The van der Waals surface area contributed by atoms with E-state index in [1.165, 1.54) is 0 Å². The normalized spacial score (nSPS) is 12.2. The van der Waals surface area contributed by atoms with E-state index in [1.807, 2.05) is 44.2 Å². The number of hydrogen-bond acceptors (Lipinski definition) is 2. The summed E-state index contributed by atoms with van der Waals surface area (Å²) in [7, 11) is 0. The van der Waals surface area contributed by atoms with Crippen molar-refractivity contribution in [2.45, 2.75) is 33.4 Å². The van der Waals surface area contributed by atoms with Crippen LogP contribution in [0.1, 0.15) is 36.6 Å². The Hall–Kier alpha value is -1.87. The molecule has 1 N–H and O–H groups in total. The first-order chi connectivity index (χ1) is 10.1. The van der Waals surface area contributed by atoms with Crippen LogP contribution >= 0.6 is 0 Å². The first-order valence-corrected chi connectivity index (χ1v) is 7.31. The molecular formula is C18H22FNO. The fraction of sp³-hybridized carbons (Fsp3) is 0.333. The monoisotopic (exact) mass is 287 g/mol. The van der Waals surface area contributed by atoms with Gasteiger partial charge in [0.25, 0.3) is 0 Å². The van der Waals surface area contributed by atoms with Gasteiger partial charge in [-0.05, 0) is 55.7 Å². The Labute approximate surface area is 126 Å². The third-order valence-electron chi connectivity index (χ3n) is 3.52. The number of nitrogens with one attached hydrogen (secondary N) is 1. The highest BCUT2D eigenvalue weighted by molar-refractivity contribution is 5.29. The van der Waals surface area contributed by atoms with E-state index >= 15 is 0 Å². The Morgan fingerprint density at radius 3 is 2.71 bits per heavy atom. The summed E-state index contributed by atoms with van der Waals surface area (Å²) in [5.74, 6) is 0.727. The molecule has 2 aromatic rings. The molecule has 0 amide bonds. The molecule has 0 heterocycles. The topological polar surface area (TPSA) is 21.3 Å². The van der Waals surface area contributed by atoms with E-state index in [0.29, 0.717) is 12.2 Å². The van der Waals surface area contributed by atoms with Crippen LogP contribution in [0.4, 0.5) is 4.39 Å². The fourth-order valence-electron chi connectivity index (χ4n) is 2.18. The van der Waals surface area contributed by atoms with Crippen LogP contribution in [0, 0.1) is 12.7 Å². The maximum atomic E-state index is 13.6. The van der Waals surface area contributed by atoms with Crippen molar-refractivity contribution < 1.29 is 9.13 Å². The second-order valence-electron chi connectivity index (χ2n) is 5.19. The number of hydrogen-bond donors (Lipinski definition) is 1. The smallest absolute Gasteiger partial charge is 0.126 e. The van der Waals surface area contributed by atoms with Gasteiger partial charge in [-0.3, -0.25) is 0 Å². The zero-order chi connectivity index (χ0) is 15.2. The summed E-state index contributed by atoms with van der Waals surface area (Å²) in [5, 5.41) is 3.41. The molecule has 0 aromatic heterocycles. The van der Waals surface area contributed by atoms with Gasteiger partial charge in [0.2, 0.25) is 0 Å². The number of rotatable bonds is 6. The van der Waals surface area contributed by atoms with Crippen LogP contribution in [-0.4, -0.2) is 6.61 Å². The van der Waals surface area contributed by atoms with E-state index in [4.69, 9.17) is 4.74 Å². The molecule has 0 saturated heterocycles. The lowest BCUT2D eigenvalue weighted by molar-refractivity contribution is 0.339. The Morgan fingerprint density at radius 2 is 2.00 bits per heavy atom. The zero-order valence-electron chi connectivity index (χ0n) is 12.8. The lowest BCUT2D eigenvalue weighted by Gasteiger charge is -2.15. The molecule has 0 aliphatic carbocycles. The van der Waals surface area contributed by atoms with Crippen LogP contribution < -0.4 is 10.1 Å². The van der Waals surface area contributed by atoms with Crippen LogP contribution in [0.25, 0.3) is 0 Å². The molecule has 0 fully saturated rings. The summed E-state index contributed by atoms with van der Waals surface area (Å²) in [6.45, 7) is 7.17. The minimum absolute atomic E-state index is 0.0934. The molecule has 0 aliphatic rings. The lowest BCUT2D eigenvalue weighted by atomic mass is 10.1. The largest absolute Gasteiger partial charge is 0.494 e. The van der Waals surface area contributed by atoms with Gasteiger partial charge in [-0.1, -0.05) is 24.3 Å². The van der Waals surface area contributed by atoms with Crippen molar-refractivity contribution in [2.75, 3.05) is 6.61 Å². The molecule has 3 heteroatoms. The molecule has 2 aromatic carbocycles. The van der Waals surface area contributed by atoms with Crippen molar-refractivity contribution in [3.63, 3.8) is 0 Å². The van der Waals surface area contributed by atoms with Crippen molar-refractivity contribution in [3.8, 4) is 5.75 Å². The summed E-state index contributed by atoms with van der Waals surface area (Å²) >= 11 is 0. The predicted molar refractivity (Wildman–Crippen MR) is 84.0 cm³/mol. The Bertz CT molecular complexity index is 598. The molecule has 1 atom stereocenters. The standard InChI is InChI=1S/C18H22FNO/c1-4-21-17-7-5-6-15(10-17)12-20-14(3)16-9-8-13(2)18(19)11-16/h5-11,14,20H,4,12H2,1-3H3. The Balaban J connectivity index is 1.98. The SMILES string of the molecule is CCOc1cccc(CNC(C)c2ccc(C)c(F)c2)c1. The highest BCUT2D eigenvalue weighted by Gasteiger charge is 2.07. The van der Waals surface area contributed by atoms with Gasteiger partial charge in [0.05, 0.1) is 6.61 Å². The number of halogens is 1. The van der Waals surface area contributed by atoms with E-state index in [-0.39, 0.29) is 11.9 Å². The molecule has 0 radical (unpaired) electrons. The van der Waals surface area contributed by atoms with Crippen molar-refractivity contribution in [1.29, 1.82) is 0 Å². The van der Waals surface area contributed by atoms with Crippen LogP contribution in [0.5, 0.6) is 5.75 Å². The van der Waals surface area contributed by atoms with Gasteiger partial charge in [-0.15, -0.1) is 0 Å². The summed E-state index contributed by atoms with van der Waals surface area (Å²) in [5.41, 5.74) is 2.79. The van der Waals surface area contributed by atoms with E-state index in [0.717, 1.165) is 23.4 Å². The molecule has 0 spiro atoms. The third kappa shape index (κ3) is 4.30. The average Bonchev–Trinajstić information content (AvgIpc) is 2.48. The average molecular weight is 287 g/mol. The van der Waals surface area contributed by atoms with Gasteiger partial charge < -0.3 is 10.1 Å². The van der Waals surface area contributed by atoms with Crippen LogP contribution in [0.15, 0.2) is 42.5 Å². The quantitative estimate of drug-likeness (QED) is 0.851. The van der Waals surface area contributed by atoms with Gasteiger partial charge in [-0.2, -0.15) is 0 Å². The van der Waals surface area contributed by atoms with Crippen molar-refractivity contribution >= 4 is 0 Å². The predicted octanol–water partition coefficient (Wildman–Crippen LogP) is 4.38. The minimum Gasteiger partial charge on any atom is -0.494 e. The highest BCUT2D eigenvalue weighted by Crippen LogP contribution is 2.18. The molecular weight excluding hydrogens is 265 g/mol. The van der Waals surface area contributed by atoms with Crippen molar-refractivity contribution in [2.24, 2.45) is 0 Å². The Morgan fingerprint density at radius 1 is 1.19 bits per heavy atom. The van der Waals surface area contributed by atoms with Gasteiger partial charge in [0.1, 0.15) is 11.6 Å². The number of aryl methyl sites for hydroxylation is 1. The molecule has 0 saturated carbocycles. The lowest BCUT2D eigenvalue weighted by Crippen LogP contribution is -2.18. The summed E-state index contributed by atoms with van der Waals surface area (Å²) in [6, 6.07) is 13.5. The first kappa shape index (κ1) is 15.5. The third-order valence-corrected chi connectivity index (χ3v) is 3.52.